The number of hydrogen-bond donors (Lipinski definition) is 1. The first-order valence-corrected chi connectivity index (χ1v) is 10.4. The smallest absolute Gasteiger partial charge is 0.250 e. The largest absolute Gasteiger partial charge is 0.339 e. The molecule has 1 aromatic carbocycles. The number of amides is 2. The Morgan fingerprint density at radius 1 is 1.03 bits per heavy atom. The lowest BCUT2D eigenvalue weighted by Crippen LogP contribution is -2.60. The second-order valence-electron chi connectivity index (χ2n) is 8.01. The average molecular weight is 432 g/mol. The Kier molecular flexibility index (Phi) is 7.15. The summed E-state index contributed by atoms with van der Waals surface area (Å²) in [6.07, 6.45) is 5.52. The summed E-state index contributed by atoms with van der Waals surface area (Å²) in [6.45, 7) is 5.98. The zero-order chi connectivity index (χ0) is 20.3. The fourth-order valence-electron chi connectivity index (χ4n) is 4.44. The lowest BCUT2D eigenvalue weighted by atomic mass is 9.86. The second-order valence-corrected chi connectivity index (χ2v) is 8.01. The van der Waals surface area contributed by atoms with Crippen LogP contribution in [0.25, 0.3) is 0 Å². The fourth-order valence-corrected chi connectivity index (χ4v) is 4.44. The molecule has 2 aliphatic rings. The van der Waals surface area contributed by atoms with Gasteiger partial charge in [0.2, 0.25) is 5.91 Å². The summed E-state index contributed by atoms with van der Waals surface area (Å²) in [5.74, 6) is 0.267. The number of nitrogens with one attached hydrogen (secondary N) is 1. The van der Waals surface area contributed by atoms with Crippen molar-refractivity contribution in [1.82, 2.24) is 24.9 Å². The number of carbonyl (C=O) groups excluding carboxylic acids is 2. The van der Waals surface area contributed by atoms with Crippen LogP contribution in [0.5, 0.6) is 0 Å². The predicted molar refractivity (Wildman–Crippen MR) is 118 cm³/mol. The molecule has 8 heteroatoms. The highest BCUT2D eigenvalue weighted by Gasteiger charge is 2.45. The van der Waals surface area contributed by atoms with Crippen LogP contribution in [0.3, 0.4) is 0 Å². The highest BCUT2D eigenvalue weighted by atomic mass is 35.5. The van der Waals surface area contributed by atoms with Crippen LogP contribution in [-0.4, -0.2) is 70.7 Å². The Morgan fingerprint density at radius 3 is 2.33 bits per heavy atom. The molecule has 1 aromatic heterocycles. The van der Waals surface area contributed by atoms with Crippen LogP contribution < -0.4 is 5.32 Å². The summed E-state index contributed by atoms with van der Waals surface area (Å²) in [5.41, 5.74) is 1.60. The number of hydrogen-bond acceptors (Lipinski definition) is 4. The zero-order valence-corrected chi connectivity index (χ0v) is 18.2. The molecule has 0 aliphatic carbocycles. The van der Waals surface area contributed by atoms with E-state index in [0.29, 0.717) is 32.6 Å². The second kappa shape index (κ2) is 9.62. The summed E-state index contributed by atoms with van der Waals surface area (Å²) in [4.78, 5) is 30.1. The number of nitrogens with zero attached hydrogens (tertiary/aromatic N) is 4. The van der Waals surface area contributed by atoms with Crippen molar-refractivity contribution in [1.29, 1.82) is 0 Å². The van der Waals surface area contributed by atoms with Crippen molar-refractivity contribution in [3.8, 4) is 0 Å². The van der Waals surface area contributed by atoms with Crippen LogP contribution in [0.4, 0.5) is 0 Å². The third-order valence-corrected chi connectivity index (χ3v) is 6.29. The van der Waals surface area contributed by atoms with E-state index < -0.39 is 5.54 Å². The Labute approximate surface area is 183 Å². The molecule has 2 saturated heterocycles. The van der Waals surface area contributed by atoms with Gasteiger partial charge in [0.05, 0.1) is 6.42 Å². The van der Waals surface area contributed by atoms with Gasteiger partial charge in [-0.1, -0.05) is 24.3 Å². The molecule has 4 rings (SSSR count). The summed E-state index contributed by atoms with van der Waals surface area (Å²) in [6, 6.07) is 9.88. The van der Waals surface area contributed by atoms with Gasteiger partial charge < -0.3 is 15.1 Å². The molecular weight excluding hydrogens is 402 g/mol. The van der Waals surface area contributed by atoms with Crippen molar-refractivity contribution in [2.75, 3.05) is 39.3 Å². The molecule has 1 N–H and O–H groups in total. The van der Waals surface area contributed by atoms with Crippen molar-refractivity contribution < 1.29 is 9.59 Å². The number of aromatic nitrogens is 2. The van der Waals surface area contributed by atoms with Crippen LogP contribution in [0.1, 0.15) is 24.0 Å². The van der Waals surface area contributed by atoms with Crippen LogP contribution in [-0.2, 0) is 21.5 Å². The van der Waals surface area contributed by atoms with Gasteiger partial charge in [-0.15, -0.1) is 12.4 Å². The van der Waals surface area contributed by atoms with Crippen molar-refractivity contribution in [2.24, 2.45) is 0 Å². The van der Waals surface area contributed by atoms with Gasteiger partial charge in [-0.3, -0.25) is 14.3 Å². The Hall–Kier alpha value is -2.38. The van der Waals surface area contributed by atoms with Gasteiger partial charge in [0.15, 0.2) is 0 Å². The molecule has 0 unspecified atom stereocenters. The van der Waals surface area contributed by atoms with Gasteiger partial charge in [-0.05, 0) is 50.0 Å². The van der Waals surface area contributed by atoms with Gasteiger partial charge >= 0.3 is 0 Å². The Morgan fingerprint density at radius 2 is 1.70 bits per heavy atom. The minimum Gasteiger partial charge on any atom is -0.339 e. The Balaban J connectivity index is 0.00000256. The molecule has 0 atom stereocenters. The summed E-state index contributed by atoms with van der Waals surface area (Å²) in [7, 11) is 0. The quantitative estimate of drug-likeness (QED) is 0.798. The number of aryl methyl sites for hydroxylation is 1. The molecule has 7 nitrogen and oxygen atoms in total. The summed E-state index contributed by atoms with van der Waals surface area (Å²) < 4.78 is 1.84. The monoisotopic (exact) mass is 431 g/mol. The van der Waals surface area contributed by atoms with Crippen molar-refractivity contribution in [3.05, 3.63) is 53.9 Å². The average Bonchev–Trinajstić information content (AvgIpc) is 3.31. The molecule has 0 bridgehead atoms. The normalized spacial score (nSPS) is 18.6. The molecule has 2 amide bonds. The molecule has 162 valence electrons. The number of rotatable bonds is 4. The number of benzene rings is 1. The van der Waals surface area contributed by atoms with E-state index in [1.54, 1.807) is 6.20 Å². The van der Waals surface area contributed by atoms with E-state index >= 15 is 0 Å². The van der Waals surface area contributed by atoms with E-state index in [-0.39, 0.29) is 24.2 Å². The number of piperazine rings is 1. The maximum Gasteiger partial charge on any atom is 0.250 e. The van der Waals surface area contributed by atoms with Crippen molar-refractivity contribution in [3.63, 3.8) is 0 Å². The van der Waals surface area contributed by atoms with Crippen molar-refractivity contribution in [2.45, 2.75) is 31.7 Å². The lowest BCUT2D eigenvalue weighted by Gasteiger charge is -2.43. The molecular formula is C22H30ClN5O2. The van der Waals surface area contributed by atoms with Gasteiger partial charge in [-0.2, -0.15) is 5.10 Å². The van der Waals surface area contributed by atoms with E-state index in [1.165, 1.54) is 0 Å². The first-order chi connectivity index (χ1) is 14.1. The molecule has 3 heterocycles. The number of halogens is 1. The van der Waals surface area contributed by atoms with Gasteiger partial charge in [-0.25, -0.2) is 0 Å². The van der Waals surface area contributed by atoms with E-state index in [1.807, 2.05) is 57.9 Å². The molecule has 2 aromatic rings. The van der Waals surface area contributed by atoms with Crippen molar-refractivity contribution >= 4 is 24.2 Å². The standard InChI is InChI=1S/C22H29N5O2.ClH/c1-18-5-2-3-6-19(18)17-20(28)25-13-15-26(16-14-25)21(29)22(7-10-23-11-8-22)27-12-4-9-24-27;/h2-6,9,12,23H,7-8,10-11,13-17H2,1H3;1H. The number of piperidine rings is 1. The third-order valence-electron chi connectivity index (χ3n) is 6.29. The lowest BCUT2D eigenvalue weighted by molar-refractivity contribution is -0.147. The fraction of sp³-hybridized carbons (Fsp3) is 0.500. The van der Waals surface area contributed by atoms with Crippen LogP contribution in [0, 0.1) is 6.92 Å². The molecule has 2 aliphatic heterocycles. The minimum absolute atomic E-state index is 0. The molecule has 0 spiro atoms. The van der Waals surface area contributed by atoms with Gasteiger partial charge in [0.1, 0.15) is 5.54 Å². The molecule has 0 radical (unpaired) electrons. The summed E-state index contributed by atoms with van der Waals surface area (Å²) >= 11 is 0. The van der Waals surface area contributed by atoms with Crippen LogP contribution in [0.15, 0.2) is 42.7 Å². The van der Waals surface area contributed by atoms with E-state index in [0.717, 1.165) is 37.1 Å². The minimum atomic E-state index is -0.609. The van der Waals surface area contributed by atoms with E-state index in [9.17, 15) is 9.59 Å². The molecule has 30 heavy (non-hydrogen) atoms. The highest BCUT2D eigenvalue weighted by Crippen LogP contribution is 2.30. The zero-order valence-electron chi connectivity index (χ0n) is 17.4. The van der Waals surface area contributed by atoms with Gasteiger partial charge in [0, 0.05) is 38.6 Å². The van der Waals surface area contributed by atoms with Crippen LogP contribution in [0.2, 0.25) is 0 Å². The Bertz CT molecular complexity index is 856. The topological polar surface area (TPSA) is 70.5 Å². The maximum absolute atomic E-state index is 13.5. The molecule has 2 fully saturated rings. The van der Waals surface area contributed by atoms with E-state index in [4.69, 9.17) is 0 Å². The van der Waals surface area contributed by atoms with Gasteiger partial charge in [0.25, 0.3) is 5.91 Å². The third kappa shape index (κ3) is 4.37. The summed E-state index contributed by atoms with van der Waals surface area (Å²) in [5, 5.41) is 7.75. The molecule has 0 saturated carbocycles. The predicted octanol–water partition coefficient (Wildman–Crippen LogP) is 1.61. The van der Waals surface area contributed by atoms with Crippen LogP contribution >= 0.6 is 12.4 Å². The first-order valence-electron chi connectivity index (χ1n) is 10.4. The maximum atomic E-state index is 13.5. The first kappa shape index (κ1) is 22.3. The number of carbonyl (C=O) groups is 2. The SMILES string of the molecule is Cc1ccccc1CC(=O)N1CCN(C(=O)C2(n3cccn3)CCNCC2)CC1.Cl. The van der Waals surface area contributed by atoms with E-state index in [2.05, 4.69) is 10.4 Å². The highest BCUT2D eigenvalue weighted by molar-refractivity contribution is 5.86.